The number of ether oxygens (including phenoxy) is 3. The number of esters is 1. The van der Waals surface area contributed by atoms with Gasteiger partial charge in [0.05, 0.1) is 6.61 Å². The van der Waals surface area contributed by atoms with Crippen LogP contribution in [-0.4, -0.2) is 23.9 Å². The Morgan fingerprint density at radius 2 is 1.96 bits per heavy atom. The SMILES string of the molecule is Cc1c(C(=O)OCc2ccccc2)[nH]c2cccc(COC3CCCCO3)c12. The van der Waals surface area contributed by atoms with Crippen LogP contribution in [0.4, 0.5) is 0 Å². The molecule has 1 saturated heterocycles. The lowest BCUT2D eigenvalue weighted by Gasteiger charge is -2.22. The number of benzene rings is 2. The van der Waals surface area contributed by atoms with E-state index < -0.39 is 0 Å². The summed E-state index contributed by atoms with van der Waals surface area (Å²) in [7, 11) is 0. The summed E-state index contributed by atoms with van der Waals surface area (Å²) in [6.45, 7) is 3.41. The van der Waals surface area contributed by atoms with Gasteiger partial charge < -0.3 is 19.2 Å². The van der Waals surface area contributed by atoms with Crippen molar-refractivity contribution >= 4 is 16.9 Å². The topological polar surface area (TPSA) is 60.6 Å². The van der Waals surface area contributed by atoms with Crippen LogP contribution in [0.5, 0.6) is 0 Å². The van der Waals surface area contributed by atoms with Crippen LogP contribution in [0.1, 0.15) is 46.4 Å². The molecule has 0 spiro atoms. The fraction of sp³-hybridized carbons (Fsp3) is 0.348. The Morgan fingerprint density at radius 3 is 2.75 bits per heavy atom. The van der Waals surface area contributed by atoms with Gasteiger partial charge in [-0.2, -0.15) is 0 Å². The highest BCUT2D eigenvalue weighted by Gasteiger charge is 2.20. The molecule has 1 atom stereocenters. The molecule has 0 saturated carbocycles. The van der Waals surface area contributed by atoms with Gasteiger partial charge in [0, 0.05) is 17.5 Å². The molecule has 4 rings (SSSR count). The minimum Gasteiger partial charge on any atom is -0.456 e. The fourth-order valence-electron chi connectivity index (χ4n) is 3.65. The van der Waals surface area contributed by atoms with Gasteiger partial charge in [-0.3, -0.25) is 0 Å². The number of fused-ring (bicyclic) bond motifs is 1. The summed E-state index contributed by atoms with van der Waals surface area (Å²) < 4.78 is 17.1. The first kappa shape index (κ1) is 18.7. The molecule has 1 fully saturated rings. The van der Waals surface area contributed by atoms with Gasteiger partial charge in [-0.25, -0.2) is 4.79 Å². The predicted molar refractivity (Wildman–Crippen MR) is 107 cm³/mol. The van der Waals surface area contributed by atoms with E-state index >= 15 is 0 Å². The van der Waals surface area contributed by atoms with Crippen molar-refractivity contribution in [3.8, 4) is 0 Å². The molecule has 3 aromatic rings. The molecule has 0 radical (unpaired) electrons. The number of hydrogen-bond acceptors (Lipinski definition) is 4. The molecule has 2 heterocycles. The minimum atomic E-state index is -0.347. The van der Waals surface area contributed by atoms with Gasteiger partial charge in [-0.05, 0) is 48.9 Å². The van der Waals surface area contributed by atoms with Crippen molar-refractivity contribution in [2.75, 3.05) is 6.61 Å². The lowest BCUT2D eigenvalue weighted by Crippen LogP contribution is -2.22. The van der Waals surface area contributed by atoms with Gasteiger partial charge in [0.15, 0.2) is 6.29 Å². The lowest BCUT2D eigenvalue weighted by molar-refractivity contribution is -0.168. The summed E-state index contributed by atoms with van der Waals surface area (Å²) in [5.74, 6) is -0.347. The van der Waals surface area contributed by atoms with Crippen molar-refractivity contribution in [1.29, 1.82) is 0 Å². The molecule has 0 aliphatic carbocycles. The molecule has 2 aromatic carbocycles. The molecular formula is C23H25NO4. The van der Waals surface area contributed by atoms with E-state index in [-0.39, 0.29) is 18.9 Å². The first-order chi connectivity index (χ1) is 13.7. The molecule has 146 valence electrons. The second kappa shape index (κ2) is 8.59. The van der Waals surface area contributed by atoms with E-state index in [4.69, 9.17) is 14.2 Å². The van der Waals surface area contributed by atoms with Crippen LogP contribution >= 0.6 is 0 Å². The number of aromatic amines is 1. The number of nitrogens with one attached hydrogen (secondary N) is 1. The maximum Gasteiger partial charge on any atom is 0.355 e. The van der Waals surface area contributed by atoms with Crippen molar-refractivity contribution in [2.24, 2.45) is 0 Å². The number of aryl methyl sites for hydroxylation is 1. The Hall–Kier alpha value is -2.63. The summed E-state index contributed by atoms with van der Waals surface area (Å²) >= 11 is 0. The Morgan fingerprint density at radius 1 is 1.11 bits per heavy atom. The van der Waals surface area contributed by atoms with Crippen LogP contribution in [0.2, 0.25) is 0 Å². The van der Waals surface area contributed by atoms with Crippen LogP contribution in [0.15, 0.2) is 48.5 Å². The van der Waals surface area contributed by atoms with Crippen molar-refractivity contribution in [2.45, 2.75) is 45.7 Å². The smallest absolute Gasteiger partial charge is 0.355 e. The van der Waals surface area contributed by atoms with Crippen LogP contribution in [0.25, 0.3) is 10.9 Å². The normalized spacial score (nSPS) is 17.0. The van der Waals surface area contributed by atoms with Crippen molar-refractivity contribution < 1.29 is 19.0 Å². The third kappa shape index (κ3) is 4.11. The van der Waals surface area contributed by atoms with Crippen molar-refractivity contribution in [1.82, 2.24) is 4.98 Å². The van der Waals surface area contributed by atoms with E-state index in [1.165, 1.54) is 0 Å². The summed E-state index contributed by atoms with van der Waals surface area (Å²) in [6, 6.07) is 15.6. The quantitative estimate of drug-likeness (QED) is 0.620. The lowest BCUT2D eigenvalue weighted by atomic mass is 10.1. The highest BCUT2D eigenvalue weighted by molar-refractivity contribution is 5.99. The van der Waals surface area contributed by atoms with Gasteiger partial charge in [-0.15, -0.1) is 0 Å². The van der Waals surface area contributed by atoms with E-state index in [0.29, 0.717) is 12.3 Å². The van der Waals surface area contributed by atoms with Crippen LogP contribution in [0.3, 0.4) is 0 Å². The summed E-state index contributed by atoms with van der Waals surface area (Å²) in [5, 5.41) is 1.02. The average Bonchev–Trinajstić information content (AvgIpc) is 3.09. The second-order valence-electron chi connectivity index (χ2n) is 7.13. The molecular weight excluding hydrogens is 354 g/mol. The van der Waals surface area contributed by atoms with E-state index in [1.807, 2.05) is 55.5 Å². The van der Waals surface area contributed by atoms with Crippen LogP contribution < -0.4 is 0 Å². The third-order valence-corrected chi connectivity index (χ3v) is 5.14. The van der Waals surface area contributed by atoms with E-state index in [1.54, 1.807) is 0 Å². The molecule has 5 heteroatoms. The van der Waals surface area contributed by atoms with E-state index in [0.717, 1.165) is 53.5 Å². The first-order valence-electron chi connectivity index (χ1n) is 9.77. The Labute approximate surface area is 164 Å². The molecule has 1 aliphatic rings. The maximum atomic E-state index is 12.6. The number of aromatic nitrogens is 1. The summed E-state index contributed by atoms with van der Waals surface area (Å²) in [6.07, 6.45) is 3.02. The van der Waals surface area contributed by atoms with E-state index in [9.17, 15) is 4.79 Å². The summed E-state index contributed by atoms with van der Waals surface area (Å²) in [5.41, 5.74) is 4.30. The first-order valence-corrected chi connectivity index (χ1v) is 9.77. The fourth-order valence-corrected chi connectivity index (χ4v) is 3.65. The highest BCUT2D eigenvalue weighted by atomic mass is 16.7. The highest BCUT2D eigenvalue weighted by Crippen LogP contribution is 2.27. The zero-order chi connectivity index (χ0) is 19.3. The molecule has 28 heavy (non-hydrogen) atoms. The Balaban J connectivity index is 1.50. The monoisotopic (exact) mass is 379 g/mol. The molecule has 5 nitrogen and oxygen atoms in total. The number of rotatable bonds is 6. The molecule has 1 N–H and O–H groups in total. The molecule has 1 aliphatic heterocycles. The Bertz CT molecular complexity index is 942. The van der Waals surface area contributed by atoms with Gasteiger partial charge in [-0.1, -0.05) is 42.5 Å². The number of carbonyl (C=O) groups excluding carboxylic acids is 1. The number of H-pyrrole nitrogens is 1. The van der Waals surface area contributed by atoms with Gasteiger partial charge in [0.1, 0.15) is 12.3 Å². The Kier molecular flexibility index (Phi) is 5.74. The van der Waals surface area contributed by atoms with Crippen LogP contribution in [0, 0.1) is 6.92 Å². The van der Waals surface area contributed by atoms with Gasteiger partial charge in [0.2, 0.25) is 0 Å². The van der Waals surface area contributed by atoms with Crippen molar-refractivity contribution in [3.05, 3.63) is 70.9 Å². The third-order valence-electron chi connectivity index (χ3n) is 5.14. The number of carbonyl (C=O) groups is 1. The molecule has 0 amide bonds. The molecule has 1 aromatic heterocycles. The minimum absolute atomic E-state index is 0.140. The van der Waals surface area contributed by atoms with Gasteiger partial charge in [0.25, 0.3) is 0 Å². The standard InChI is InChI=1S/C23H25NO4/c1-16-21-18(15-27-20-12-5-6-13-26-20)10-7-11-19(21)24-22(16)23(25)28-14-17-8-3-2-4-9-17/h2-4,7-11,20,24H,5-6,12-15H2,1H3. The zero-order valence-corrected chi connectivity index (χ0v) is 16.1. The number of hydrogen-bond donors (Lipinski definition) is 1. The van der Waals surface area contributed by atoms with Crippen molar-refractivity contribution in [3.63, 3.8) is 0 Å². The average molecular weight is 379 g/mol. The molecule has 1 unspecified atom stereocenters. The maximum absolute atomic E-state index is 12.6. The summed E-state index contributed by atoms with van der Waals surface area (Å²) in [4.78, 5) is 15.8. The predicted octanol–water partition coefficient (Wildman–Crippen LogP) is 4.88. The van der Waals surface area contributed by atoms with Gasteiger partial charge >= 0.3 is 5.97 Å². The largest absolute Gasteiger partial charge is 0.456 e. The van der Waals surface area contributed by atoms with Crippen LogP contribution in [-0.2, 0) is 27.4 Å². The molecule has 0 bridgehead atoms. The van der Waals surface area contributed by atoms with E-state index in [2.05, 4.69) is 4.98 Å². The second-order valence-corrected chi connectivity index (χ2v) is 7.13. The zero-order valence-electron chi connectivity index (χ0n) is 16.1.